The Morgan fingerprint density at radius 1 is 1.22 bits per heavy atom. The highest BCUT2D eigenvalue weighted by atomic mass is 35.5. The first-order valence-electron chi connectivity index (χ1n) is 7.75. The van der Waals surface area contributed by atoms with Gasteiger partial charge in [-0.2, -0.15) is 0 Å². The van der Waals surface area contributed by atoms with E-state index in [1.54, 1.807) is 12.1 Å². The summed E-state index contributed by atoms with van der Waals surface area (Å²) in [4.78, 5) is 19.7. The Bertz CT molecular complexity index is 713. The molecule has 5 nitrogen and oxygen atoms in total. The maximum Gasteiger partial charge on any atom is 0.254 e. The second-order valence-electron chi connectivity index (χ2n) is 5.15. The molecule has 0 amide bonds. The van der Waals surface area contributed by atoms with Crippen molar-refractivity contribution in [1.29, 1.82) is 0 Å². The first-order valence-corrected chi connectivity index (χ1v) is 7.75. The Kier molecular flexibility index (Phi) is 7.10. The summed E-state index contributed by atoms with van der Waals surface area (Å²) in [5.41, 5.74) is 8.69. The number of rotatable bonds is 6. The zero-order valence-corrected chi connectivity index (χ0v) is 14.6. The predicted octanol–water partition coefficient (Wildman–Crippen LogP) is 3.35. The molecule has 0 aliphatic carbocycles. The average molecular weight is 338 g/mol. The fourth-order valence-electron chi connectivity index (χ4n) is 2.40. The van der Waals surface area contributed by atoms with Crippen LogP contribution in [0.3, 0.4) is 0 Å². The first kappa shape index (κ1) is 19.0. The smallest absolute Gasteiger partial charge is 0.254 e. The van der Waals surface area contributed by atoms with Crippen molar-refractivity contribution in [2.24, 2.45) is 0 Å². The molecule has 0 aliphatic rings. The minimum absolute atomic E-state index is 0. The lowest BCUT2D eigenvalue weighted by Crippen LogP contribution is -2.18. The second kappa shape index (κ2) is 8.58. The van der Waals surface area contributed by atoms with Crippen molar-refractivity contribution in [3.8, 4) is 17.1 Å². The number of nitrogens with two attached hydrogens (primary N) is 1. The molecule has 0 saturated heterocycles. The minimum atomic E-state index is -0.0896. The summed E-state index contributed by atoms with van der Waals surface area (Å²) in [6, 6.07) is 5.39. The average Bonchev–Trinajstić information content (AvgIpc) is 2.52. The van der Waals surface area contributed by atoms with Crippen molar-refractivity contribution in [3.05, 3.63) is 39.8 Å². The number of halogens is 1. The molecule has 0 unspecified atom stereocenters. The molecule has 1 aromatic carbocycles. The highest BCUT2D eigenvalue weighted by Gasteiger charge is 2.14. The van der Waals surface area contributed by atoms with Crippen LogP contribution in [0, 0.1) is 0 Å². The summed E-state index contributed by atoms with van der Waals surface area (Å²) >= 11 is 0. The van der Waals surface area contributed by atoms with Crippen LogP contribution in [0.15, 0.2) is 23.0 Å². The van der Waals surface area contributed by atoms with Crippen LogP contribution >= 0.6 is 12.4 Å². The van der Waals surface area contributed by atoms with Crippen LogP contribution in [0.2, 0.25) is 0 Å². The number of aromatic amines is 1. The molecule has 0 saturated carbocycles. The van der Waals surface area contributed by atoms with E-state index in [1.165, 1.54) is 0 Å². The van der Waals surface area contributed by atoms with Crippen LogP contribution in [0.25, 0.3) is 11.4 Å². The number of nitrogen functional groups attached to an aromatic ring is 1. The number of hydrogen-bond acceptors (Lipinski definition) is 4. The van der Waals surface area contributed by atoms with E-state index in [2.05, 4.69) is 9.97 Å². The van der Waals surface area contributed by atoms with Crippen molar-refractivity contribution < 1.29 is 4.74 Å². The van der Waals surface area contributed by atoms with Crippen LogP contribution in [0.5, 0.6) is 5.75 Å². The number of H-pyrrole nitrogens is 1. The summed E-state index contributed by atoms with van der Waals surface area (Å²) < 4.78 is 5.75. The highest BCUT2D eigenvalue weighted by Crippen LogP contribution is 2.29. The quantitative estimate of drug-likeness (QED) is 0.792. The monoisotopic (exact) mass is 337 g/mol. The van der Waals surface area contributed by atoms with Gasteiger partial charge in [0.05, 0.1) is 17.9 Å². The van der Waals surface area contributed by atoms with Gasteiger partial charge in [0, 0.05) is 11.3 Å². The van der Waals surface area contributed by atoms with Crippen molar-refractivity contribution in [1.82, 2.24) is 9.97 Å². The minimum Gasteiger partial charge on any atom is -0.493 e. The molecule has 2 rings (SSSR count). The molecule has 2 aromatic rings. The summed E-state index contributed by atoms with van der Waals surface area (Å²) in [6.07, 6.45) is 2.29. The van der Waals surface area contributed by atoms with Crippen LogP contribution in [-0.4, -0.2) is 16.6 Å². The number of anilines is 1. The van der Waals surface area contributed by atoms with E-state index in [9.17, 15) is 4.79 Å². The van der Waals surface area contributed by atoms with Gasteiger partial charge in [-0.1, -0.05) is 20.8 Å². The Labute approximate surface area is 142 Å². The van der Waals surface area contributed by atoms with Crippen LogP contribution in [0.4, 0.5) is 5.69 Å². The van der Waals surface area contributed by atoms with Gasteiger partial charge in [0.2, 0.25) is 0 Å². The molecule has 0 fully saturated rings. The van der Waals surface area contributed by atoms with E-state index in [4.69, 9.17) is 10.5 Å². The largest absolute Gasteiger partial charge is 0.493 e. The summed E-state index contributed by atoms with van der Waals surface area (Å²) in [7, 11) is 0. The van der Waals surface area contributed by atoms with E-state index in [0.29, 0.717) is 36.7 Å². The van der Waals surface area contributed by atoms with Crippen LogP contribution in [-0.2, 0) is 12.8 Å². The molecule has 3 N–H and O–H groups in total. The second-order valence-corrected chi connectivity index (χ2v) is 5.15. The highest BCUT2D eigenvalue weighted by molar-refractivity contribution is 5.85. The van der Waals surface area contributed by atoms with Gasteiger partial charge >= 0.3 is 0 Å². The van der Waals surface area contributed by atoms with E-state index >= 15 is 0 Å². The third kappa shape index (κ3) is 4.26. The van der Waals surface area contributed by atoms with Crippen molar-refractivity contribution in [2.45, 2.75) is 40.0 Å². The SMILES string of the molecule is CCCOc1ccc(N)cc1-c1nc(CC)c(CC)c(=O)[nH]1.Cl. The van der Waals surface area contributed by atoms with E-state index < -0.39 is 0 Å². The predicted molar refractivity (Wildman–Crippen MR) is 96.5 cm³/mol. The number of hydrogen-bond donors (Lipinski definition) is 2. The molecular formula is C17H24ClN3O2. The molecule has 23 heavy (non-hydrogen) atoms. The molecule has 0 bridgehead atoms. The Balaban J connectivity index is 0.00000264. The number of aromatic nitrogens is 2. The fraction of sp³-hybridized carbons (Fsp3) is 0.412. The zero-order valence-electron chi connectivity index (χ0n) is 13.8. The molecule has 0 spiro atoms. The van der Waals surface area contributed by atoms with Crippen LogP contribution in [0.1, 0.15) is 38.4 Å². The lowest BCUT2D eigenvalue weighted by atomic mass is 10.1. The lowest BCUT2D eigenvalue weighted by molar-refractivity contribution is 0.318. The zero-order chi connectivity index (χ0) is 16.1. The van der Waals surface area contributed by atoms with Crippen molar-refractivity contribution in [2.75, 3.05) is 12.3 Å². The number of aryl methyl sites for hydroxylation is 1. The first-order chi connectivity index (χ1) is 10.6. The van der Waals surface area contributed by atoms with Crippen LogP contribution < -0.4 is 16.0 Å². The molecule has 1 aromatic heterocycles. The number of nitrogens with one attached hydrogen (secondary N) is 1. The molecule has 0 atom stereocenters. The van der Waals surface area contributed by atoms with Crippen molar-refractivity contribution in [3.63, 3.8) is 0 Å². The van der Waals surface area contributed by atoms with Crippen molar-refractivity contribution >= 4 is 18.1 Å². The van der Waals surface area contributed by atoms with Gasteiger partial charge in [-0.15, -0.1) is 12.4 Å². The topological polar surface area (TPSA) is 81.0 Å². The summed E-state index contributed by atoms with van der Waals surface area (Å²) in [5, 5.41) is 0. The van der Waals surface area contributed by atoms with Gasteiger partial charge in [-0.3, -0.25) is 4.79 Å². The van der Waals surface area contributed by atoms with Gasteiger partial charge in [0.25, 0.3) is 5.56 Å². The standard InChI is InChI=1S/C17H23N3O2.ClH/c1-4-9-22-15-8-7-11(18)10-13(15)16-19-14(6-3)12(5-2)17(21)20-16;/h7-8,10H,4-6,9,18H2,1-3H3,(H,19,20,21);1H. The molecule has 0 radical (unpaired) electrons. The normalized spacial score (nSPS) is 10.2. The van der Waals surface area contributed by atoms with E-state index in [0.717, 1.165) is 23.2 Å². The molecule has 1 heterocycles. The number of benzene rings is 1. The Hall–Kier alpha value is -2.01. The van der Waals surface area contributed by atoms with Gasteiger partial charge in [-0.05, 0) is 37.5 Å². The summed E-state index contributed by atoms with van der Waals surface area (Å²) in [6.45, 7) is 6.61. The van der Waals surface area contributed by atoms with E-state index in [-0.39, 0.29) is 18.0 Å². The maximum atomic E-state index is 12.3. The fourth-order valence-corrected chi connectivity index (χ4v) is 2.40. The van der Waals surface area contributed by atoms with Gasteiger partial charge < -0.3 is 15.5 Å². The molecule has 0 aliphatic heterocycles. The maximum absolute atomic E-state index is 12.3. The Morgan fingerprint density at radius 2 is 1.96 bits per heavy atom. The molecule has 126 valence electrons. The van der Waals surface area contributed by atoms with Gasteiger partial charge in [-0.25, -0.2) is 4.98 Å². The third-order valence-corrected chi connectivity index (χ3v) is 3.51. The molecular weight excluding hydrogens is 314 g/mol. The lowest BCUT2D eigenvalue weighted by Gasteiger charge is -2.13. The third-order valence-electron chi connectivity index (χ3n) is 3.51. The number of ether oxygens (including phenoxy) is 1. The Morgan fingerprint density at radius 3 is 2.57 bits per heavy atom. The molecule has 6 heteroatoms. The van der Waals surface area contributed by atoms with Gasteiger partial charge in [0.15, 0.2) is 0 Å². The summed E-state index contributed by atoms with van der Waals surface area (Å²) in [5.74, 6) is 1.20. The number of nitrogens with zero attached hydrogens (tertiary/aromatic N) is 1. The van der Waals surface area contributed by atoms with Gasteiger partial charge in [0.1, 0.15) is 11.6 Å². The van der Waals surface area contributed by atoms with E-state index in [1.807, 2.05) is 26.8 Å².